The number of hydrogen-bond acceptors (Lipinski definition) is 5. The molecule has 3 rings (SSSR count). The van der Waals surface area contributed by atoms with Crippen LogP contribution in [0.4, 0.5) is 13.2 Å². The molecule has 30 heavy (non-hydrogen) atoms. The maximum Gasteiger partial charge on any atom is 0.420 e. The van der Waals surface area contributed by atoms with Gasteiger partial charge in [-0.3, -0.25) is 0 Å². The Hall–Kier alpha value is -2.92. The molecule has 1 aliphatic rings. The van der Waals surface area contributed by atoms with Crippen molar-refractivity contribution in [3.63, 3.8) is 0 Å². The van der Waals surface area contributed by atoms with E-state index in [0.29, 0.717) is 37.7 Å². The molecule has 0 unspecified atom stereocenters. The summed E-state index contributed by atoms with van der Waals surface area (Å²) in [6.07, 6.45) is -3.83. The third kappa shape index (κ3) is 4.97. The molecule has 0 atom stereocenters. The van der Waals surface area contributed by atoms with Crippen molar-refractivity contribution < 1.29 is 36.2 Å². The van der Waals surface area contributed by atoms with Crippen molar-refractivity contribution in [3.05, 3.63) is 53.6 Å². The van der Waals surface area contributed by atoms with E-state index in [1.165, 1.54) is 0 Å². The number of halogens is 3. The standard InChI is InChI=1S/C19H17F3N2O5S/c20-19(21,22)16-3-1-2-15(18(25)26)17(16)29-13-4-6-14(7-5-13)30(27,28)24-12-8-10-23-11-9-12/h1-7,23H,8-11H2,(H,25,26). The maximum atomic E-state index is 13.3. The fraction of sp³-hybridized carbons (Fsp3) is 0.263. The molecule has 2 aromatic carbocycles. The maximum absolute atomic E-state index is 13.3. The molecule has 0 saturated carbocycles. The van der Waals surface area contributed by atoms with Gasteiger partial charge in [0.25, 0.3) is 10.0 Å². The van der Waals surface area contributed by atoms with Gasteiger partial charge in [-0.2, -0.15) is 26.0 Å². The van der Waals surface area contributed by atoms with E-state index >= 15 is 0 Å². The molecule has 1 fully saturated rings. The molecule has 1 aliphatic heterocycles. The number of nitrogens with one attached hydrogen (secondary N) is 1. The Morgan fingerprint density at radius 2 is 1.70 bits per heavy atom. The molecule has 0 spiro atoms. The second-order valence-corrected chi connectivity index (χ2v) is 8.05. The Labute approximate surface area is 170 Å². The van der Waals surface area contributed by atoms with Gasteiger partial charge in [-0.05, 0) is 49.2 Å². The average Bonchev–Trinajstić information content (AvgIpc) is 2.68. The molecule has 0 bridgehead atoms. The fourth-order valence-electron chi connectivity index (χ4n) is 2.87. The van der Waals surface area contributed by atoms with E-state index in [9.17, 15) is 31.5 Å². The van der Waals surface area contributed by atoms with Gasteiger partial charge in [0.2, 0.25) is 0 Å². The quantitative estimate of drug-likeness (QED) is 0.732. The number of carboxylic acids is 1. The third-order valence-corrected chi connectivity index (χ3v) is 5.69. The summed E-state index contributed by atoms with van der Waals surface area (Å²) < 4.78 is 73.7. The van der Waals surface area contributed by atoms with Crippen molar-refractivity contribution in [2.75, 3.05) is 13.1 Å². The van der Waals surface area contributed by atoms with Crippen LogP contribution >= 0.6 is 0 Å². The van der Waals surface area contributed by atoms with E-state index in [1.54, 1.807) is 0 Å². The highest BCUT2D eigenvalue weighted by atomic mass is 32.2. The van der Waals surface area contributed by atoms with Crippen LogP contribution in [0.15, 0.2) is 51.8 Å². The lowest BCUT2D eigenvalue weighted by Crippen LogP contribution is -2.28. The molecule has 0 amide bonds. The zero-order valence-corrected chi connectivity index (χ0v) is 16.3. The molecular weight excluding hydrogens is 425 g/mol. The smallest absolute Gasteiger partial charge is 0.420 e. The normalized spacial score (nSPS) is 15.0. The first-order valence-electron chi connectivity index (χ1n) is 8.83. The highest BCUT2D eigenvalue weighted by Gasteiger charge is 2.36. The highest BCUT2D eigenvalue weighted by Crippen LogP contribution is 2.40. The number of hydrogen-bond donors (Lipinski definition) is 2. The van der Waals surface area contributed by atoms with Crippen LogP contribution in [-0.4, -0.2) is 38.3 Å². The van der Waals surface area contributed by atoms with Gasteiger partial charge in [-0.1, -0.05) is 6.07 Å². The molecule has 0 aliphatic carbocycles. The number of carbonyl (C=O) groups is 1. The molecule has 2 N–H and O–H groups in total. The van der Waals surface area contributed by atoms with Crippen LogP contribution in [0, 0.1) is 0 Å². The Morgan fingerprint density at radius 1 is 1.07 bits per heavy atom. The van der Waals surface area contributed by atoms with Crippen LogP contribution < -0.4 is 10.1 Å². The van der Waals surface area contributed by atoms with Gasteiger partial charge in [-0.15, -0.1) is 0 Å². The lowest BCUT2D eigenvalue weighted by atomic mass is 10.1. The number of rotatable bonds is 5. The van der Waals surface area contributed by atoms with Crippen LogP contribution in [0.25, 0.3) is 0 Å². The van der Waals surface area contributed by atoms with Gasteiger partial charge in [0, 0.05) is 18.8 Å². The van der Waals surface area contributed by atoms with Crippen molar-refractivity contribution in [2.24, 2.45) is 4.40 Å². The first kappa shape index (κ1) is 21.8. The minimum atomic E-state index is -4.84. The number of ether oxygens (including phenoxy) is 1. The SMILES string of the molecule is O=C(O)c1cccc(C(F)(F)F)c1Oc1ccc(S(=O)(=O)N=C2CCNCC2)cc1. The highest BCUT2D eigenvalue weighted by molar-refractivity contribution is 7.90. The van der Waals surface area contributed by atoms with E-state index in [-0.39, 0.29) is 10.6 Å². The van der Waals surface area contributed by atoms with Crippen molar-refractivity contribution in [2.45, 2.75) is 23.9 Å². The molecule has 0 aromatic heterocycles. The summed E-state index contributed by atoms with van der Waals surface area (Å²) in [5, 5.41) is 12.3. The van der Waals surface area contributed by atoms with Crippen LogP contribution in [-0.2, 0) is 16.2 Å². The molecule has 1 saturated heterocycles. The van der Waals surface area contributed by atoms with E-state index in [0.717, 1.165) is 36.4 Å². The number of carboxylic acid groups (broad SMARTS) is 1. The topological polar surface area (TPSA) is 105 Å². The zero-order chi connectivity index (χ0) is 21.9. The average molecular weight is 442 g/mol. The summed E-state index contributed by atoms with van der Waals surface area (Å²) >= 11 is 0. The first-order valence-corrected chi connectivity index (χ1v) is 10.3. The van der Waals surface area contributed by atoms with Crippen molar-refractivity contribution in [1.29, 1.82) is 0 Å². The number of sulfonamides is 1. The Kier molecular flexibility index (Phi) is 6.13. The molecule has 1 heterocycles. The van der Waals surface area contributed by atoms with Crippen molar-refractivity contribution in [1.82, 2.24) is 5.32 Å². The number of alkyl halides is 3. The van der Waals surface area contributed by atoms with Crippen molar-refractivity contribution in [3.8, 4) is 11.5 Å². The number of piperidine rings is 1. The summed E-state index contributed by atoms with van der Waals surface area (Å²) in [4.78, 5) is 11.2. The van der Waals surface area contributed by atoms with Crippen LogP contribution in [0.5, 0.6) is 11.5 Å². The number of para-hydroxylation sites is 1. The van der Waals surface area contributed by atoms with Gasteiger partial charge in [0.15, 0.2) is 5.75 Å². The van der Waals surface area contributed by atoms with Gasteiger partial charge >= 0.3 is 12.1 Å². The lowest BCUT2D eigenvalue weighted by Gasteiger charge is -2.16. The third-order valence-electron chi connectivity index (χ3n) is 4.32. The van der Waals surface area contributed by atoms with E-state index in [4.69, 9.17) is 4.74 Å². The predicted molar refractivity (Wildman–Crippen MR) is 102 cm³/mol. The monoisotopic (exact) mass is 442 g/mol. The molecular formula is C19H17F3N2O5S. The minimum absolute atomic E-state index is 0.150. The van der Waals surface area contributed by atoms with Gasteiger partial charge in [0.1, 0.15) is 11.3 Å². The summed E-state index contributed by atoms with van der Waals surface area (Å²) in [7, 11) is -3.97. The van der Waals surface area contributed by atoms with E-state index in [1.807, 2.05) is 0 Å². The second kappa shape index (κ2) is 8.44. The number of nitrogens with zero attached hydrogens (tertiary/aromatic N) is 1. The van der Waals surface area contributed by atoms with Gasteiger partial charge < -0.3 is 15.2 Å². The molecule has 160 valence electrons. The molecule has 2 aromatic rings. The Morgan fingerprint density at radius 3 is 2.27 bits per heavy atom. The molecule has 11 heteroatoms. The predicted octanol–water partition coefficient (Wildman–Crippen LogP) is 3.71. The van der Waals surface area contributed by atoms with Crippen LogP contribution in [0.2, 0.25) is 0 Å². The van der Waals surface area contributed by atoms with E-state index in [2.05, 4.69) is 9.71 Å². The lowest BCUT2D eigenvalue weighted by molar-refractivity contribution is -0.138. The van der Waals surface area contributed by atoms with Crippen LogP contribution in [0.3, 0.4) is 0 Å². The van der Waals surface area contributed by atoms with Crippen molar-refractivity contribution >= 4 is 21.7 Å². The van der Waals surface area contributed by atoms with E-state index < -0.39 is 39.0 Å². The fourth-order valence-corrected chi connectivity index (χ4v) is 3.97. The Bertz CT molecular complexity index is 1070. The molecule has 0 radical (unpaired) electrons. The van der Waals surface area contributed by atoms with Crippen LogP contribution in [0.1, 0.15) is 28.8 Å². The molecule has 7 nitrogen and oxygen atoms in total. The van der Waals surface area contributed by atoms with Gasteiger partial charge in [-0.25, -0.2) is 4.79 Å². The zero-order valence-electron chi connectivity index (χ0n) is 15.4. The largest absolute Gasteiger partial charge is 0.478 e. The second-order valence-electron chi connectivity index (χ2n) is 6.44. The summed E-state index contributed by atoms with van der Waals surface area (Å²) in [5.41, 5.74) is -1.38. The van der Waals surface area contributed by atoms with Gasteiger partial charge in [0.05, 0.1) is 10.5 Å². The number of aromatic carboxylic acids is 1. The number of benzene rings is 2. The summed E-state index contributed by atoms with van der Waals surface area (Å²) in [6.45, 7) is 1.26. The summed E-state index contributed by atoms with van der Waals surface area (Å²) in [5.74, 6) is -2.61. The minimum Gasteiger partial charge on any atom is -0.478 e. The first-order chi connectivity index (χ1) is 14.1. The summed E-state index contributed by atoms with van der Waals surface area (Å²) in [6, 6.07) is 7.24. The Balaban J connectivity index is 1.91.